The molecule has 0 amide bonds. The maximum Gasteiger partial charge on any atom is 0.0346 e. The lowest BCUT2D eigenvalue weighted by atomic mass is 9.89. The minimum atomic E-state index is 0.889. The lowest BCUT2D eigenvalue weighted by molar-refractivity contribution is 0.906. The Hall–Kier alpha value is -2.02. The summed E-state index contributed by atoms with van der Waals surface area (Å²) < 4.78 is 0. The standard InChI is InChI=1S/C25H37N/c1-7-13-23(18-22(10-4)19(5)8-2)21(9-3)17-16-20(6)24-14-11-12-15-25(24)26/h7,9,14-15,18H,1,6,8,10-13,16-17,26H2,2-5H3/b21-9-,22-19+,23-18+. The third kappa shape index (κ3) is 6.37. The van der Waals surface area contributed by atoms with Gasteiger partial charge < -0.3 is 5.73 Å². The van der Waals surface area contributed by atoms with Crippen molar-refractivity contribution in [3.8, 4) is 0 Å². The Kier molecular flexibility index (Phi) is 9.80. The van der Waals surface area contributed by atoms with Gasteiger partial charge in [0.15, 0.2) is 0 Å². The maximum absolute atomic E-state index is 6.15. The van der Waals surface area contributed by atoms with Gasteiger partial charge in [0.05, 0.1) is 0 Å². The summed E-state index contributed by atoms with van der Waals surface area (Å²) in [7, 11) is 0. The van der Waals surface area contributed by atoms with Crippen LogP contribution >= 0.6 is 0 Å². The molecule has 0 unspecified atom stereocenters. The maximum atomic E-state index is 6.15. The number of allylic oxidation sites excluding steroid dienone is 10. The zero-order valence-corrected chi connectivity index (χ0v) is 17.3. The van der Waals surface area contributed by atoms with Crippen LogP contribution in [0.4, 0.5) is 0 Å². The summed E-state index contributed by atoms with van der Waals surface area (Å²) in [5.41, 5.74) is 15.0. The lowest BCUT2D eigenvalue weighted by Crippen LogP contribution is -2.06. The predicted molar refractivity (Wildman–Crippen MR) is 118 cm³/mol. The van der Waals surface area contributed by atoms with Crippen LogP contribution in [0.3, 0.4) is 0 Å². The first kappa shape index (κ1) is 22.0. The van der Waals surface area contributed by atoms with Crippen LogP contribution in [0.5, 0.6) is 0 Å². The van der Waals surface area contributed by atoms with E-state index in [0.717, 1.165) is 61.8 Å². The van der Waals surface area contributed by atoms with Gasteiger partial charge in [-0.2, -0.15) is 0 Å². The fraction of sp³-hybridized carbons (Fsp3) is 0.440. The fourth-order valence-corrected chi connectivity index (χ4v) is 3.36. The SMILES string of the molecule is C=CCC(=C\C(CC)=C(/C)CC)/C(=C\C)CCC(=C)C1=CCCC=C1N. The Labute approximate surface area is 161 Å². The van der Waals surface area contributed by atoms with Crippen LogP contribution in [0.25, 0.3) is 0 Å². The molecule has 0 atom stereocenters. The van der Waals surface area contributed by atoms with Gasteiger partial charge in [0, 0.05) is 5.70 Å². The van der Waals surface area contributed by atoms with Crippen LogP contribution in [0.2, 0.25) is 0 Å². The Morgan fingerprint density at radius 3 is 2.35 bits per heavy atom. The molecule has 0 radical (unpaired) electrons. The summed E-state index contributed by atoms with van der Waals surface area (Å²) in [5.74, 6) is 0. The smallest absolute Gasteiger partial charge is 0.0346 e. The van der Waals surface area contributed by atoms with E-state index in [0.29, 0.717) is 0 Å². The zero-order chi connectivity index (χ0) is 19.5. The van der Waals surface area contributed by atoms with E-state index in [9.17, 15) is 0 Å². The van der Waals surface area contributed by atoms with Crippen molar-refractivity contribution in [3.63, 3.8) is 0 Å². The summed E-state index contributed by atoms with van der Waals surface area (Å²) in [6.45, 7) is 17.1. The van der Waals surface area contributed by atoms with Gasteiger partial charge in [-0.15, -0.1) is 6.58 Å². The second kappa shape index (κ2) is 11.6. The van der Waals surface area contributed by atoms with Crippen molar-refractivity contribution in [2.75, 3.05) is 0 Å². The molecule has 0 bridgehead atoms. The van der Waals surface area contributed by atoms with Crippen molar-refractivity contribution in [1.82, 2.24) is 0 Å². The van der Waals surface area contributed by atoms with Crippen molar-refractivity contribution in [1.29, 1.82) is 0 Å². The van der Waals surface area contributed by atoms with Crippen LogP contribution in [0.1, 0.15) is 72.6 Å². The molecule has 0 aromatic rings. The molecule has 1 aliphatic rings. The van der Waals surface area contributed by atoms with E-state index in [2.05, 4.69) is 65.2 Å². The minimum Gasteiger partial charge on any atom is -0.399 e. The molecule has 0 heterocycles. The predicted octanol–water partition coefficient (Wildman–Crippen LogP) is 7.47. The largest absolute Gasteiger partial charge is 0.399 e. The van der Waals surface area contributed by atoms with E-state index in [1.54, 1.807) is 0 Å². The second-order valence-corrected chi connectivity index (χ2v) is 6.95. The highest BCUT2D eigenvalue weighted by Crippen LogP contribution is 2.29. The molecular weight excluding hydrogens is 314 g/mol. The molecule has 1 nitrogen and oxygen atoms in total. The van der Waals surface area contributed by atoms with E-state index < -0.39 is 0 Å². The normalized spacial score (nSPS) is 16.6. The van der Waals surface area contributed by atoms with Crippen LogP contribution in [-0.2, 0) is 0 Å². The van der Waals surface area contributed by atoms with E-state index in [1.807, 2.05) is 6.08 Å². The van der Waals surface area contributed by atoms with Crippen molar-refractivity contribution < 1.29 is 0 Å². The first-order valence-corrected chi connectivity index (χ1v) is 9.98. The van der Waals surface area contributed by atoms with Gasteiger partial charge in [0.1, 0.15) is 0 Å². The summed E-state index contributed by atoms with van der Waals surface area (Å²) in [4.78, 5) is 0. The topological polar surface area (TPSA) is 26.0 Å². The number of hydrogen-bond donors (Lipinski definition) is 1. The summed E-state index contributed by atoms with van der Waals surface area (Å²) in [5, 5.41) is 0. The summed E-state index contributed by atoms with van der Waals surface area (Å²) >= 11 is 0. The van der Waals surface area contributed by atoms with Crippen molar-refractivity contribution >= 4 is 0 Å². The summed E-state index contributed by atoms with van der Waals surface area (Å²) in [6.07, 6.45) is 18.1. The molecule has 0 aromatic carbocycles. The molecule has 0 saturated heterocycles. The fourth-order valence-electron chi connectivity index (χ4n) is 3.36. The van der Waals surface area contributed by atoms with Gasteiger partial charge in [-0.3, -0.25) is 0 Å². The third-order valence-corrected chi connectivity index (χ3v) is 5.20. The van der Waals surface area contributed by atoms with E-state index in [4.69, 9.17) is 5.73 Å². The van der Waals surface area contributed by atoms with Crippen molar-refractivity contribution in [2.24, 2.45) is 5.73 Å². The van der Waals surface area contributed by atoms with Gasteiger partial charge in [0.25, 0.3) is 0 Å². The molecule has 0 aromatic heterocycles. The van der Waals surface area contributed by atoms with Gasteiger partial charge in [-0.05, 0) is 86.7 Å². The number of hydrogen-bond acceptors (Lipinski definition) is 1. The first-order chi connectivity index (χ1) is 12.5. The molecular formula is C25H37N. The second-order valence-electron chi connectivity index (χ2n) is 6.95. The van der Waals surface area contributed by atoms with Crippen molar-refractivity contribution in [3.05, 3.63) is 82.7 Å². The highest BCUT2D eigenvalue weighted by molar-refractivity contribution is 5.46. The third-order valence-electron chi connectivity index (χ3n) is 5.20. The molecule has 1 heteroatoms. The zero-order valence-electron chi connectivity index (χ0n) is 17.3. The Morgan fingerprint density at radius 1 is 1.12 bits per heavy atom. The lowest BCUT2D eigenvalue weighted by Gasteiger charge is -2.17. The van der Waals surface area contributed by atoms with E-state index in [-0.39, 0.29) is 0 Å². The monoisotopic (exact) mass is 351 g/mol. The highest BCUT2D eigenvalue weighted by Gasteiger charge is 2.11. The number of nitrogens with two attached hydrogens (primary N) is 1. The van der Waals surface area contributed by atoms with Gasteiger partial charge >= 0.3 is 0 Å². The van der Waals surface area contributed by atoms with Crippen LogP contribution in [-0.4, -0.2) is 0 Å². The average molecular weight is 352 g/mol. The Balaban J connectivity index is 2.96. The minimum absolute atomic E-state index is 0.889. The first-order valence-electron chi connectivity index (χ1n) is 9.98. The van der Waals surface area contributed by atoms with Crippen LogP contribution in [0, 0.1) is 0 Å². The average Bonchev–Trinajstić information content (AvgIpc) is 2.65. The molecule has 2 N–H and O–H groups in total. The Morgan fingerprint density at radius 2 is 1.81 bits per heavy atom. The molecule has 1 aliphatic carbocycles. The Bertz CT molecular complexity index is 662. The van der Waals surface area contributed by atoms with Crippen molar-refractivity contribution in [2.45, 2.75) is 72.6 Å². The molecule has 1 rings (SSSR count). The summed E-state index contributed by atoms with van der Waals surface area (Å²) in [6, 6.07) is 0. The molecule has 26 heavy (non-hydrogen) atoms. The van der Waals surface area contributed by atoms with Gasteiger partial charge in [-0.25, -0.2) is 0 Å². The molecule has 0 saturated carbocycles. The van der Waals surface area contributed by atoms with E-state index in [1.165, 1.54) is 22.3 Å². The number of rotatable bonds is 10. The molecule has 142 valence electrons. The van der Waals surface area contributed by atoms with Crippen LogP contribution in [0.15, 0.2) is 82.7 Å². The molecule has 0 aliphatic heterocycles. The van der Waals surface area contributed by atoms with E-state index >= 15 is 0 Å². The molecule has 0 fully saturated rings. The quantitative estimate of drug-likeness (QED) is 0.320. The van der Waals surface area contributed by atoms with Gasteiger partial charge in [0.2, 0.25) is 0 Å². The highest BCUT2D eigenvalue weighted by atomic mass is 14.6. The van der Waals surface area contributed by atoms with Gasteiger partial charge in [-0.1, -0.05) is 56.4 Å². The molecule has 0 spiro atoms. The van der Waals surface area contributed by atoms with Crippen LogP contribution < -0.4 is 5.73 Å².